The van der Waals surface area contributed by atoms with E-state index in [1.807, 2.05) is 0 Å². The van der Waals surface area contributed by atoms with Crippen LogP contribution in [0, 0.1) is 13.8 Å². The van der Waals surface area contributed by atoms with Gasteiger partial charge in [-0.3, -0.25) is 0 Å². The monoisotopic (exact) mass is 272 g/mol. The summed E-state index contributed by atoms with van der Waals surface area (Å²) in [7, 11) is 0. The van der Waals surface area contributed by atoms with Crippen molar-refractivity contribution in [2.24, 2.45) is 0 Å². The smallest absolute Gasteiger partial charge is 0.340 e. The van der Waals surface area contributed by atoms with E-state index in [4.69, 9.17) is 14.9 Å². The Morgan fingerprint density at radius 1 is 1.33 bits per heavy atom. The largest absolute Gasteiger partial charge is 0.478 e. The highest BCUT2D eigenvalue weighted by Gasteiger charge is 2.17. The molecule has 0 aliphatic rings. The highest BCUT2D eigenvalue weighted by Crippen LogP contribution is 2.22. The van der Waals surface area contributed by atoms with E-state index in [9.17, 15) is 4.79 Å². The molecule has 0 aromatic carbocycles. The summed E-state index contributed by atoms with van der Waals surface area (Å²) in [4.78, 5) is 19.3. The minimum Gasteiger partial charge on any atom is -0.478 e. The molecule has 0 bridgehead atoms. The van der Waals surface area contributed by atoms with Crippen molar-refractivity contribution < 1.29 is 19.7 Å². The second-order valence-corrected chi connectivity index (χ2v) is 4.61. The number of aliphatic hydroxyl groups excluding tert-OH is 1. The fourth-order valence-corrected chi connectivity index (χ4v) is 2.37. The van der Waals surface area contributed by atoms with Gasteiger partial charge in [0.2, 0.25) is 0 Å². The fourth-order valence-electron chi connectivity index (χ4n) is 1.40. The van der Waals surface area contributed by atoms with Crippen molar-refractivity contribution in [1.29, 1.82) is 0 Å². The van der Waals surface area contributed by atoms with Crippen LogP contribution in [0.5, 0.6) is 0 Å². The number of ether oxygens (including phenoxy) is 1. The first-order chi connectivity index (χ1) is 8.56. The van der Waals surface area contributed by atoms with Crippen molar-refractivity contribution in [3.63, 3.8) is 0 Å². The predicted octanol–water partition coefficient (Wildman–Crippen LogP) is 0.893. The number of carbonyl (C=O) groups is 1. The van der Waals surface area contributed by atoms with E-state index >= 15 is 0 Å². The Labute approximate surface area is 109 Å². The van der Waals surface area contributed by atoms with E-state index < -0.39 is 5.97 Å². The van der Waals surface area contributed by atoms with E-state index in [2.05, 4.69) is 9.97 Å². The first-order valence-electron chi connectivity index (χ1n) is 5.46. The second kappa shape index (κ2) is 7.30. The summed E-state index contributed by atoms with van der Waals surface area (Å²) in [5.74, 6) is 0.110. The van der Waals surface area contributed by atoms with Crippen molar-refractivity contribution in [1.82, 2.24) is 9.97 Å². The molecule has 0 aliphatic heterocycles. The standard InChI is InChI=1S/C11H16N2O4S/c1-7-9(11(15)16)10(13-8(2)12-7)18-6-5-17-4-3-14/h14H,3-6H2,1-2H3,(H,15,16). The van der Waals surface area contributed by atoms with Gasteiger partial charge in [0.15, 0.2) is 0 Å². The van der Waals surface area contributed by atoms with Gasteiger partial charge in [-0.25, -0.2) is 14.8 Å². The molecule has 1 aromatic heterocycles. The number of carboxylic acid groups (broad SMARTS) is 1. The number of nitrogens with zero attached hydrogens (tertiary/aromatic N) is 2. The van der Waals surface area contributed by atoms with Gasteiger partial charge in [0, 0.05) is 5.75 Å². The lowest BCUT2D eigenvalue weighted by atomic mass is 10.2. The van der Waals surface area contributed by atoms with Crippen LogP contribution in [0.1, 0.15) is 21.9 Å². The average Bonchev–Trinajstić information content (AvgIpc) is 2.27. The molecular weight excluding hydrogens is 256 g/mol. The number of aromatic carboxylic acids is 1. The molecule has 0 saturated carbocycles. The van der Waals surface area contributed by atoms with Crippen LogP contribution in [0.25, 0.3) is 0 Å². The number of aryl methyl sites for hydroxylation is 2. The molecule has 100 valence electrons. The molecule has 1 rings (SSSR count). The van der Waals surface area contributed by atoms with Crippen LogP contribution in [-0.4, -0.2) is 51.7 Å². The molecule has 0 atom stereocenters. The molecule has 0 aliphatic carbocycles. The lowest BCUT2D eigenvalue weighted by molar-refractivity contribution is 0.0690. The maximum Gasteiger partial charge on any atom is 0.340 e. The zero-order chi connectivity index (χ0) is 13.5. The molecule has 6 nitrogen and oxygen atoms in total. The highest BCUT2D eigenvalue weighted by molar-refractivity contribution is 7.99. The summed E-state index contributed by atoms with van der Waals surface area (Å²) in [6, 6.07) is 0. The normalized spacial score (nSPS) is 10.6. The van der Waals surface area contributed by atoms with E-state index in [0.29, 0.717) is 28.9 Å². The van der Waals surface area contributed by atoms with Crippen LogP contribution in [0.15, 0.2) is 5.03 Å². The molecule has 0 saturated heterocycles. The predicted molar refractivity (Wildman–Crippen MR) is 67.1 cm³/mol. The van der Waals surface area contributed by atoms with Gasteiger partial charge in [-0.05, 0) is 13.8 Å². The second-order valence-electron chi connectivity index (χ2n) is 3.53. The summed E-state index contributed by atoms with van der Waals surface area (Å²) >= 11 is 1.32. The highest BCUT2D eigenvalue weighted by atomic mass is 32.2. The maximum absolute atomic E-state index is 11.1. The van der Waals surface area contributed by atoms with Crippen LogP contribution in [0.4, 0.5) is 0 Å². The van der Waals surface area contributed by atoms with Crippen molar-refractivity contribution in [3.8, 4) is 0 Å². The van der Waals surface area contributed by atoms with Gasteiger partial charge in [-0.15, -0.1) is 11.8 Å². The molecule has 0 amide bonds. The maximum atomic E-state index is 11.1. The van der Waals surface area contributed by atoms with Crippen molar-refractivity contribution >= 4 is 17.7 Å². The van der Waals surface area contributed by atoms with Crippen LogP contribution in [0.2, 0.25) is 0 Å². The Hall–Kier alpha value is -1.18. The van der Waals surface area contributed by atoms with Gasteiger partial charge >= 0.3 is 5.97 Å². The van der Waals surface area contributed by atoms with Crippen LogP contribution < -0.4 is 0 Å². The molecule has 18 heavy (non-hydrogen) atoms. The molecule has 0 fully saturated rings. The average molecular weight is 272 g/mol. The summed E-state index contributed by atoms with van der Waals surface area (Å²) < 4.78 is 5.10. The number of carboxylic acids is 1. The quantitative estimate of drug-likeness (QED) is 0.432. The first-order valence-corrected chi connectivity index (χ1v) is 6.44. The number of aliphatic hydroxyl groups is 1. The Bertz CT molecular complexity index is 426. The van der Waals surface area contributed by atoms with E-state index in [0.717, 1.165) is 0 Å². The molecule has 0 spiro atoms. The minimum absolute atomic E-state index is 0.0171. The summed E-state index contributed by atoms with van der Waals surface area (Å²) in [5.41, 5.74) is 0.613. The summed E-state index contributed by atoms with van der Waals surface area (Å²) in [5, 5.41) is 18.1. The molecule has 2 N–H and O–H groups in total. The lowest BCUT2D eigenvalue weighted by Gasteiger charge is -2.08. The van der Waals surface area contributed by atoms with Gasteiger partial charge in [0.1, 0.15) is 16.4 Å². The third kappa shape index (κ3) is 4.25. The number of rotatable bonds is 7. The lowest BCUT2D eigenvalue weighted by Crippen LogP contribution is -2.09. The number of hydrogen-bond acceptors (Lipinski definition) is 6. The molecular formula is C11H16N2O4S. The Kier molecular flexibility index (Phi) is 6.03. The van der Waals surface area contributed by atoms with Gasteiger partial charge in [-0.2, -0.15) is 0 Å². The third-order valence-electron chi connectivity index (χ3n) is 2.08. The fraction of sp³-hybridized carbons (Fsp3) is 0.545. The molecule has 7 heteroatoms. The molecule has 1 heterocycles. The molecule has 0 radical (unpaired) electrons. The topological polar surface area (TPSA) is 92.5 Å². The minimum atomic E-state index is -1.02. The van der Waals surface area contributed by atoms with E-state index in [1.165, 1.54) is 11.8 Å². The molecule has 0 unspecified atom stereocenters. The van der Waals surface area contributed by atoms with Crippen LogP contribution in [0.3, 0.4) is 0 Å². The zero-order valence-corrected chi connectivity index (χ0v) is 11.2. The number of aromatic nitrogens is 2. The van der Waals surface area contributed by atoms with E-state index in [1.54, 1.807) is 13.8 Å². The van der Waals surface area contributed by atoms with Gasteiger partial charge in [-0.1, -0.05) is 0 Å². The van der Waals surface area contributed by atoms with Crippen molar-refractivity contribution in [2.45, 2.75) is 18.9 Å². The number of thioether (sulfide) groups is 1. The summed E-state index contributed by atoms with van der Waals surface area (Å²) in [6.45, 7) is 4.09. The molecule has 1 aromatic rings. The number of hydrogen-bond donors (Lipinski definition) is 2. The van der Waals surface area contributed by atoms with Gasteiger partial charge < -0.3 is 14.9 Å². The van der Waals surface area contributed by atoms with E-state index in [-0.39, 0.29) is 18.8 Å². The SMILES string of the molecule is Cc1nc(C)c(C(=O)O)c(SCCOCCO)n1. The first kappa shape index (κ1) is 14.9. The van der Waals surface area contributed by atoms with Crippen molar-refractivity contribution in [2.75, 3.05) is 25.6 Å². The van der Waals surface area contributed by atoms with Crippen LogP contribution in [-0.2, 0) is 4.74 Å². The van der Waals surface area contributed by atoms with Gasteiger partial charge in [0.05, 0.1) is 25.5 Å². The van der Waals surface area contributed by atoms with Crippen molar-refractivity contribution in [3.05, 3.63) is 17.1 Å². The Morgan fingerprint density at radius 2 is 2.06 bits per heavy atom. The third-order valence-corrected chi connectivity index (χ3v) is 3.02. The van der Waals surface area contributed by atoms with Gasteiger partial charge in [0.25, 0.3) is 0 Å². The Balaban J connectivity index is 2.71. The van der Waals surface area contributed by atoms with Crippen LogP contribution >= 0.6 is 11.8 Å². The summed E-state index contributed by atoms with van der Waals surface area (Å²) in [6.07, 6.45) is 0. The Morgan fingerprint density at radius 3 is 2.67 bits per heavy atom. The zero-order valence-electron chi connectivity index (χ0n) is 10.3.